The van der Waals surface area contributed by atoms with Gasteiger partial charge in [0.05, 0.1) is 35.8 Å². The molecule has 3 aromatic carbocycles. The number of rotatable bonds is 4. The zero-order valence-corrected chi connectivity index (χ0v) is 18.0. The number of hydrogen-bond donors (Lipinski definition) is 1. The van der Waals surface area contributed by atoms with Gasteiger partial charge in [-0.1, -0.05) is 48.5 Å². The number of carbonyl (C=O) groups excluding carboxylic acids is 2. The summed E-state index contributed by atoms with van der Waals surface area (Å²) in [5.41, 5.74) is 3.35. The third kappa shape index (κ3) is 2.40. The first kappa shape index (κ1) is 19.7. The van der Waals surface area contributed by atoms with Crippen LogP contribution in [-0.2, 0) is 15.0 Å². The Labute approximate surface area is 191 Å². The van der Waals surface area contributed by atoms with Crippen molar-refractivity contribution < 1.29 is 19.5 Å². The Hall–Kier alpha value is -3.93. The minimum Gasteiger partial charge on any atom is -0.494 e. The lowest BCUT2D eigenvalue weighted by atomic mass is 9.47. The second-order valence-electron chi connectivity index (χ2n) is 8.71. The highest BCUT2D eigenvalue weighted by atomic mass is 16.5. The van der Waals surface area contributed by atoms with Crippen molar-refractivity contribution in [3.8, 4) is 5.75 Å². The summed E-state index contributed by atoms with van der Waals surface area (Å²) in [6.07, 6.45) is 1.45. The molecule has 3 aliphatic carbocycles. The molecule has 0 unspecified atom stereocenters. The molecule has 7 rings (SSSR count). The smallest absolute Gasteiger partial charge is 0.239 e. The van der Waals surface area contributed by atoms with E-state index in [4.69, 9.17) is 4.74 Å². The van der Waals surface area contributed by atoms with Gasteiger partial charge in [-0.25, -0.2) is 4.90 Å². The Morgan fingerprint density at radius 1 is 0.939 bits per heavy atom. The summed E-state index contributed by atoms with van der Waals surface area (Å²) in [7, 11) is 0. The molecule has 6 nitrogen and oxygen atoms in total. The second kappa shape index (κ2) is 7.04. The molecule has 3 aromatic rings. The van der Waals surface area contributed by atoms with Crippen LogP contribution in [0.5, 0.6) is 5.75 Å². The summed E-state index contributed by atoms with van der Waals surface area (Å²) in [6.45, 7) is 2.44. The van der Waals surface area contributed by atoms with Gasteiger partial charge in [0.1, 0.15) is 5.75 Å². The van der Waals surface area contributed by atoms with E-state index in [1.54, 1.807) is 24.3 Å². The summed E-state index contributed by atoms with van der Waals surface area (Å²) in [6, 6.07) is 22.8. The molecule has 0 spiro atoms. The van der Waals surface area contributed by atoms with Crippen molar-refractivity contribution in [3.05, 3.63) is 95.1 Å². The van der Waals surface area contributed by atoms with Crippen molar-refractivity contribution in [2.75, 3.05) is 11.5 Å². The zero-order chi connectivity index (χ0) is 22.7. The van der Waals surface area contributed by atoms with Crippen LogP contribution in [0.4, 0.5) is 5.69 Å². The van der Waals surface area contributed by atoms with Crippen LogP contribution in [0.25, 0.3) is 0 Å². The number of nitrogens with zero attached hydrogens (tertiary/aromatic N) is 2. The van der Waals surface area contributed by atoms with Crippen LogP contribution in [-0.4, -0.2) is 29.8 Å². The van der Waals surface area contributed by atoms with Gasteiger partial charge in [-0.15, -0.1) is 5.16 Å². The van der Waals surface area contributed by atoms with Gasteiger partial charge in [0.15, 0.2) is 0 Å². The highest BCUT2D eigenvalue weighted by Gasteiger charge is 2.68. The van der Waals surface area contributed by atoms with Gasteiger partial charge in [-0.05, 0) is 53.4 Å². The average molecular weight is 438 g/mol. The molecule has 1 saturated heterocycles. The van der Waals surface area contributed by atoms with Gasteiger partial charge in [0, 0.05) is 5.92 Å². The molecule has 164 valence electrons. The molecule has 1 aliphatic heterocycles. The van der Waals surface area contributed by atoms with Crippen LogP contribution in [0.2, 0.25) is 0 Å². The topological polar surface area (TPSA) is 79.2 Å². The lowest BCUT2D eigenvalue weighted by Gasteiger charge is -2.52. The number of hydrogen-bond acceptors (Lipinski definition) is 5. The summed E-state index contributed by atoms with van der Waals surface area (Å²) in [5, 5.41) is 13.2. The van der Waals surface area contributed by atoms with E-state index in [0.717, 1.165) is 22.3 Å². The van der Waals surface area contributed by atoms with Gasteiger partial charge in [-0.2, -0.15) is 0 Å². The van der Waals surface area contributed by atoms with E-state index in [-0.39, 0.29) is 17.7 Å². The van der Waals surface area contributed by atoms with Gasteiger partial charge in [0.2, 0.25) is 11.8 Å². The lowest BCUT2D eigenvalue weighted by molar-refractivity contribution is -0.122. The number of benzene rings is 3. The number of oxime groups is 1. The molecule has 1 fully saturated rings. The average Bonchev–Trinajstić information content (AvgIpc) is 3.11. The van der Waals surface area contributed by atoms with Crippen molar-refractivity contribution in [2.45, 2.75) is 18.3 Å². The Morgan fingerprint density at radius 3 is 2.12 bits per heavy atom. The summed E-state index contributed by atoms with van der Waals surface area (Å²) in [4.78, 5) is 29.2. The number of imide groups is 1. The van der Waals surface area contributed by atoms with Gasteiger partial charge < -0.3 is 9.94 Å². The van der Waals surface area contributed by atoms with Crippen LogP contribution >= 0.6 is 0 Å². The normalized spacial score (nSPS) is 26.9. The van der Waals surface area contributed by atoms with E-state index in [9.17, 15) is 14.8 Å². The highest BCUT2D eigenvalue weighted by molar-refractivity contribution is 6.25. The number of anilines is 1. The van der Waals surface area contributed by atoms with Crippen molar-refractivity contribution >= 4 is 23.7 Å². The first-order chi connectivity index (χ1) is 16.1. The molecule has 1 heterocycles. The van der Waals surface area contributed by atoms with Crippen LogP contribution in [0.1, 0.15) is 35.1 Å². The van der Waals surface area contributed by atoms with E-state index in [1.807, 2.05) is 55.5 Å². The predicted octanol–water partition coefficient (Wildman–Crippen LogP) is 4.10. The number of amides is 2. The fourth-order valence-corrected chi connectivity index (χ4v) is 6.25. The largest absolute Gasteiger partial charge is 0.494 e. The van der Waals surface area contributed by atoms with E-state index in [1.165, 1.54) is 11.1 Å². The van der Waals surface area contributed by atoms with Gasteiger partial charge in [0.25, 0.3) is 0 Å². The summed E-state index contributed by atoms with van der Waals surface area (Å²) < 4.78 is 5.51. The molecule has 0 saturated carbocycles. The molecule has 0 aromatic heterocycles. The van der Waals surface area contributed by atoms with Crippen LogP contribution in [0.3, 0.4) is 0 Å². The summed E-state index contributed by atoms with van der Waals surface area (Å²) >= 11 is 0. The monoisotopic (exact) mass is 438 g/mol. The first-order valence-electron chi connectivity index (χ1n) is 11.1. The molecule has 33 heavy (non-hydrogen) atoms. The molecule has 6 heteroatoms. The fourth-order valence-electron chi connectivity index (χ4n) is 6.25. The molecule has 1 N–H and O–H groups in total. The third-order valence-electron chi connectivity index (χ3n) is 7.35. The predicted molar refractivity (Wildman–Crippen MR) is 123 cm³/mol. The molecule has 2 bridgehead atoms. The minimum absolute atomic E-state index is 0.223. The molecule has 4 aliphatic rings. The van der Waals surface area contributed by atoms with Crippen LogP contribution in [0, 0.1) is 11.8 Å². The highest BCUT2D eigenvalue weighted by Crippen LogP contribution is 2.63. The molecule has 0 radical (unpaired) electrons. The van der Waals surface area contributed by atoms with Gasteiger partial charge in [-0.3, -0.25) is 9.59 Å². The Morgan fingerprint density at radius 2 is 1.55 bits per heavy atom. The van der Waals surface area contributed by atoms with Crippen LogP contribution in [0.15, 0.2) is 78.0 Å². The van der Waals surface area contributed by atoms with Crippen molar-refractivity contribution in [3.63, 3.8) is 0 Å². The van der Waals surface area contributed by atoms with E-state index < -0.39 is 17.3 Å². The number of ether oxygens (including phenoxy) is 1. The maximum Gasteiger partial charge on any atom is 0.239 e. The number of carbonyl (C=O) groups is 2. The third-order valence-corrected chi connectivity index (χ3v) is 7.35. The maximum atomic E-state index is 14.0. The maximum absolute atomic E-state index is 14.0. The SMILES string of the molecule is CCOc1ccc(N2C(=O)[C@@H]3[C@@H](C2=O)C2c4ccccc4C3(/C=N\O)c3ccccc32)cc1. The molecule has 2 amide bonds. The Bertz CT molecular complexity index is 1270. The second-order valence-corrected chi connectivity index (χ2v) is 8.71. The molecule has 2 atom stereocenters. The van der Waals surface area contributed by atoms with Crippen molar-refractivity contribution in [1.29, 1.82) is 0 Å². The quantitative estimate of drug-likeness (QED) is 0.288. The molecular weight excluding hydrogens is 416 g/mol. The van der Waals surface area contributed by atoms with E-state index in [0.29, 0.717) is 18.0 Å². The van der Waals surface area contributed by atoms with Gasteiger partial charge >= 0.3 is 0 Å². The fraction of sp³-hybridized carbons (Fsp3) is 0.222. The first-order valence-corrected chi connectivity index (χ1v) is 11.1. The van der Waals surface area contributed by atoms with Crippen molar-refractivity contribution in [1.82, 2.24) is 0 Å². The standard InChI is InChI=1S/C27H22N2O4/c1-2-33-17-13-11-16(12-14-17)29-25(30)23-22-18-7-3-5-9-20(18)27(15-28-32,24(23)26(29)31)21-10-6-4-8-19(21)22/h3-15,22-24,32H,2H2,1H3/b28-15-/t22?,23-,24-,27?/m0/s1. The summed E-state index contributed by atoms with van der Waals surface area (Å²) in [5.74, 6) is -1.32. The van der Waals surface area contributed by atoms with E-state index in [2.05, 4.69) is 5.16 Å². The lowest BCUT2D eigenvalue weighted by Crippen LogP contribution is -2.54. The zero-order valence-electron chi connectivity index (χ0n) is 18.0. The van der Waals surface area contributed by atoms with Crippen molar-refractivity contribution in [2.24, 2.45) is 17.0 Å². The Balaban J connectivity index is 1.58. The minimum atomic E-state index is -1.02. The van der Waals surface area contributed by atoms with Crippen LogP contribution < -0.4 is 9.64 Å². The van der Waals surface area contributed by atoms with E-state index >= 15 is 0 Å². The molecular formula is C27H22N2O4. The Kier molecular flexibility index (Phi) is 4.21.